The van der Waals surface area contributed by atoms with E-state index in [2.05, 4.69) is 30.6 Å². The number of hydrogen-bond acceptors (Lipinski definition) is 8. The number of carbonyl (C=O) groups is 2. The summed E-state index contributed by atoms with van der Waals surface area (Å²) in [6.45, 7) is 2.93. The van der Waals surface area contributed by atoms with E-state index in [1.54, 1.807) is 36.4 Å². The van der Waals surface area contributed by atoms with Crippen molar-refractivity contribution in [3.8, 4) is 0 Å². The summed E-state index contributed by atoms with van der Waals surface area (Å²) in [4.78, 5) is 31.2. The lowest BCUT2D eigenvalue weighted by molar-refractivity contribution is -0.138. The number of nitrogens with one attached hydrogen (secondary N) is 4. The van der Waals surface area contributed by atoms with Gasteiger partial charge in [0.1, 0.15) is 6.04 Å². The average molecular weight is 529 g/mol. The van der Waals surface area contributed by atoms with Crippen LogP contribution >= 0.6 is 0 Å². The van der Waals surface area contributed by atoms with Gasteiger partial charge in [0.2, 0.25) is 10.0 Å². The number of hydrogen-bond donors (Lipinski definition) is 5. The van der Waals surface area contributed by atoms with Crippen molar-refractivity contribution in [3.63, 3.8) is 0 Å². The fourth-order valence-corrected chi connectivity index (χ4v) is 5.54. The third kappa shape index (κ3) is 7.20. The van der Waals surface area contributed by atoms with Crippen LogP contribution in [-0.2, 0) is 14.8 Å². The number of aliphatic carboxylic acids is 1. The molecule has 2 aromatic rings. The summed E-state index contributed by atoms with van der Waals surface area (Å²) in [5, 5.41) is 18.8. The van der Waals surface area contributed by atoms with Crippen molar-refractivity contribution < 1.29 is 23.1 Å². The van der Waals surface area contributed by atoms with Gasteiger partial charge in [-0.25, -0.2) is 8.42 Å². The van der Waals surface area contributed by atoms with Crippen molar-refractivity contribution in [1.29, 1.82) is 0 Å². The van der Waals surface area contributed by atoms with Gasteiger partial charge in [0.25, 0.3) is 5.91 Å². The highest BCUT2D eigenvalue weighted by Crippen LogP contribution is 2.21. The highest BCUT2D eigenvalue weighted by molar-refractivity contribution is 7.89. The summed E-state index contributed by atoms with van der Waals surface area (Å²) in [7, 11) is -4.06. The van der Waals surface area contributed by atoms with Gasteiger partial charge in [-0.1, -0.05) is 24.3 Å². The number of rotatable bonds is 9. The van der Waals surface area contributed by atoms with Gasteiger partial charge in [-0.15, -0.1) is 0 Å². The highest BCUT2D eigenvalue weighted by atomic mass is 32.2. The van der Waals surface area contributed by atoms with Gasteiger partial charge in [-0.2, -0.15) is 4.72 Å². The number of amides is 1. The molecular formula is C25H32N6O5S. The molecule has 0 radical (unpaired) electrons. The zero-order valence-electron chi connectivity index (χ0n) is 20.4. The average Bonchev–Trinajstić information content (AvgIpc) is 2.92. The van der Waals surface area contributed by atoms with Crippen LogP contribution < -0.4 is 25.6 Å². The van der Waals surface area contributed by atoms with Crippen LogP contribution in [0.3, 0.4) is 0 Å². The van der Waals surface area contributed by atoms with Crippen molar-refractivity contribution in [2.45, 2.75) is 36.2 Å². The molecule has 0 bridgehead atoms. The fourth-order valence-electron chi connectivity index (χ4n) is 4.33. The van der Waals surface area contributed by atoms with E-state index in [1.165, 1.54) is 12.1 Å². The zero-order chi connectivity index (χ0) is 26.3. The smallest absolute Gasteiger partial charge is 0.323 e. The molecule has 5 N–H and O–H groups in total. The van der Waals surface area contributed by atoms with E-state index >= 15 is 0 Å². The molecule has 11 nitrogen and oxygen atoms in total. The topological polar surface area (TPSA) is 152 Å². The second-order valence-corrected chi connectivity index (χ2v) is 10.7. The third-order valence-corrected chi connectivity index (χ3v) is 7.74. The predicted molar refractivity (Wildman–Crippen MR) is 140 cm³/mol. The van der Waals surface area contributed by atoms with Crippen molar-refractivity contribution in [2.75, 3.05) is 37.6 Å². The summed E-state index contributed by atoms with van der Waals surface area (Å²) >= 11 is 0. The molecule has 0 saturated carbocycles. The minimum absolute atomic E-state index is 0.0547. The van der Waals surface area contributed by atoms with E-state index in [0.29, 0.717) is 5.56 Å². The van der Waals surface area contributed by atoms with Crippen molar-refractivity contribution >= 4 is 33.5 Å². The highest BCUT2D eigenvalue weighted by Gasteiger charge is 2.26. The first kappa shape index (κ1) is 26.4. The first-order valence-electron chi connectivity index (χ1n) is 12.3. The summed E-state index contributed by atoms with van der Waals surface area (Å²) in [6.07, 6.45) is 3.04. The molecule has 0 aliphatic carbocycles. The second kappa shape index (κ2) is 12.1. The van der Waals surface area contributed by atoms with Gasteiger partial charge in [-0.05, 0) is 49.6 Å². The van der Waals surface area contributed by atoms with Gasteiger partial charge in [0.05, 0.1) is 4.90 Å². The van der Waals surface area contributed by atoms with E-state index in [0.717, 1.165) is 57.1 Å². The summed E-state index contributed by atoms with van der Waals surface area (Å²) in [5.41, 5.74) is 1.25. The SMILES string of the molecule is O=C(NCC(NS(=O)(=O)c1ccccc1)C(=O)O)c1cccc(N2CCCC(NC3=NCCCN3)C2)c1. The monoisotopic (exact) mass is 528 g/mol. The van der Waals surface area contributed by atoms with E-state index in [1.807, 2.05) is 6.07 Å². The van der Waals surface area contributed by atoms with E-state index in [9.17, 15) is 23.1 Å². The predicted octanol–water partition coefficient (Wildman–Crippen LogP) is 0.756. The Labute approximate surface area is 216 Å². The minimum Gasteiger partial charge on any atom is -0.480 e. The molecule has 198 valence electrons. The Morgan fingerprint density at radius 1 is 1.14 bits per heavy atom. The Hall–Kier alpha value is -3.64. The number of carbonyl (C=O) groups excluding carboxylic acids is 1. The molecule has 1 fully saturated rings. The molecule has 37 heavy (non-hydrogen) atoms. The number of sulfonamides is 1. The van der Waals surface area contributed by atoms with E-state index < -0.39 is 34.5 Å². The van der Waals surface area contributed by atoms with Crippen LogP contribution in [0.2, 0.25) is 0 Å². The molecule has 12 heteroatoms. The summed E-state index contributed by atoms with van der Waals surface area (Å²) in [5.74, 6) is -1.04. The number of aliphatic imine (C=N–C) groups is 1. The molecular weight excluding hydrogens is 496 g/mol. The molecule has 1 amide bonds. The Bertz CT molecular complexity index is 1240. The maximum absolute atomic E-state index is 12.8. The van der Waals surface area contributed by atoms with Crippen LogP contribution in [0.5, 0.6) is 0 Å². The lowest BCUT2D eigenvalue weighted by Gasteiger charge is -2.36. The number of nitrogens with zero attached hydrogens (tertiary/aromatic N) is 2. The maximum atomic E-state index is 12.8. The molecule has 2 atom stereocenters. The second-order valence-electron chi connectivity index (χ2n) is 9.03. The Balaban J connectivity index is 1.36. The van der Waals surface area contributed by atoms with Crippen molar-refractivity contribution in [3.05, 3.63) is 60.2 Å². The molecule has 1 saturated heterocycles. The standard InChI is InChI=1S/C25H32N6O5S/c32-23(28-16-22(24(33)34)30-37(35,36)21-10-2-1-3-11-21)18-7-4-9-20(15-18)31-14-5-8-19(17-31)29-25-26-12-6-13-27-25/h1-4,7,9-11,15,19,22,30H,5-6,8,12-14,16-17H2,(H,28,32)(H,33,34)(H2,26,27,29). The molecule has 2 aliphatic heterocycles. The van der Waals surface area contributed by atoms with Gasteiger partial charge in [0.15, 0.2) is 5.96 Å². The third-order valence-electron chi connectivity index (χ3n) is 6.25. The number of guanidine groups is 1. The van der Waals surface area contributed by atoms with Crippen LogP contribution in [0.1, 0.15) is 29.6 Å². The normalized spacial score (nSPS) is 18.8. The van der Waals surface area contributed by atoms with E-state index in [-0.39, 0.29) is 10.9 Å². The maximum Gasteiger partial charge on any atom is 0.323 e. The number of carboxylic acids is 1. The molecule has 2 aliphatic rings. The van der Waals surface area contributed by atoms with Gasteiger partial charge < -0.3 is 26.0 Å². The Morgan fingerprint density at radius 3 is 2.68 bits per heavy atom. The zero-order valence-corrected chi connectivity index (χ0v) is 21.2. The minimum atomic E-state index is -4.06. The summed E-state index contributed by atoms with van der Waals surface area (Å²) < 4.78 is 27.2. The Morgan fingerprint density at radius 2 is 1.95 bits per heavy atom. The first-order valence-corrected chi connectivity index (χ1v) is 13.8. The number of carboxylic acid groups (broad SMARTS) is 1. The van der Waals surface area contributed by atoms with Gasteiger partial charge in [-0.3, -0.25) is 14.6 Å². The quantitative estimate of drug-likeness (QED) is 0.320. The van der Waals surface area contributed by atoms with Gasteiger partial charge >= 0.3 is 5.97 Å². The van der Waals surface area contributed by atoms with E-state index in [4.69, 9.17) is 0 Å². The number of piperidine rings is 1. The van der Waals surface area contributed by atoms with Gasteiger partial charge in [0, 0.05) is 50.0 Å². The van der Waals surface area contributed by atoms with Crippen molar-refractivity contribution in [1.82, 2.24) is 20.7 Å². The first-order chi connectivity index (χ1) is 17.8. The lowest BCUT2D eigenvalue weighted by Crippen LogP contribution is -2.52. The van der Waals surface area contributed by atoms with Crippen LogP contribution in [-0.4, -0.2) is 76.2 Å². The molecule has 2 aromatic carbocycles. The van der Waals surface area contributed by atoms with Crippen LogP contribution in [0.15, 0.2) is 64.5 Å². The van der Waals surface area contributed by atoms with Crippen LogP contribution in [0.4, 0.5) is 5.69 Å². The molecule has 2 heterocycles. The molecule has 0 aromatic heterocycles. The molecule has 0 spiro atoms. The lowest BCUT2D eigenvalue weighted by atomic mass is 10.0. The number of anilines is 1. The van der Waals surface area contributed by atoms with Crippen molar-refractivity contribution in [2.24, 2.45) is 4.99 Å². The largest absolute Gasteiger partial charge is 0.480 e. The van der Waals surface area contributed by atoms with Crippen LogP contribution in [0.25, 0.3) is 0 Å². The van der Waals surface area contributed by atoms with Crippen LogP contribution in [0, 0.1) is 0 Å². The fraction of sp³-hybridized carbons (Fsp3) is 0.400. The summed E-state index contributed by atoms with van der Waals surface area (Å²) in [6, 6.07) is 13.3. The number of benzene rings is 2. The molecule has 2 unspecified atom stereocenters. The Kier molecular flexibility index (Phi) is 8.62. The molecule has 4 rings (SSSR count).